The summed E-state index contributed by atoms with van der Waals surface area (Å²) in [6.07, 6.45) is -1.98. The fraction of sp³-hybridized carbons (Fsp3) is 0.429. The van der Waals surface area contributed by atoms with Crippen molar-refractivity contribution in [3.8, 4) is 23.2 Å². The predicted molar refractivity (Wildman–Crippen MR) is 155 cm³/mol. The van der Waals surface area contributed by atoms with Gasteiger partial charge in [-0.1, -0.05) is 5.92 Å². The van der Waals surface area contributed by atoms with Gasteiger partial charge in [0.2, 0.25) is 11.7 Å². The van der Waals surface area contributed by atoms with E-state index in [0.717, 1.165) is 17.8 Å². The molecule has 0 spiro atoms. The van der Waals surface area contributed by atoms with Crippen LogP contribution in [0.5, 0.6) is 0 Å². The summed E-state index contributed by atoms with van der Waals surface area (Å²) in [4.78, 5) is 45.5. The number of hydrogen-bond donors (Lipinski definition) is 4. The van der Waals surface area contributed by atoms with Crippen LogP contribution in [0.1, 0.15) is 30.9 Å². The lowest BCUT2D eigenvalue weighted by Crippen LogP contribution is -2.37. The van der Waals surface area contributed by atoms with Crippen LogP contribution in [0.25, 0.3) is 16.9 Å². The Morgan fingerprint density at radius 1 is 1.11 bits per heavy atom. The number of morpholine rings is 1. The summed E-state index contributed by atoms with van der Waals surface area (Å²) in [5.41, 5.74) is -0.00538. The maximum atomic E-state index is 14.2. The van der Waals surface area contributed by atoms with E-state index in [1.165, 1.54) is 11.6 Å². The standard InChI is InChI=1S/C28H32F3N9O4/c1-3-4-19(41)5-6-24(42)34-8-7-33-15-18-13-22-26(39-9-11-44-12-10-39)37-25(38-40(22)17-18)20-16-35-23(36-27(43)32-2)14-21(20)28(29,30)31/h13-14,16-17,33H,5-12,15H2,1-2H3,(H,34,42)(H2,32,35,36,43). The number of rotatable bonds is 11. The van der Waals surface area contributed by atoms with Gasteiger partial charge in [-0.2, -0.15) is 13.2 Å². The Bertz CT molecular complexity index is 1570. The van der Waals surface area contributed by atoms with Gasteiger partial charge >= 0.3 is 12.2 Å². The van der Waals surface area contributed by atoms with Gasteiger partial charge in [0.15, 0.2) is 11.6 Å². The molecular formula is C28H32F3N9O4. The van der Waals surface area contributed by atoms with Crippen molar-refractivity contribution in [1.29, 1.82) is 0 Å². The molecule has 4 N–H and O–H groups in total. The number of urea groups is 1. The van der Waals surface area contributed by atoms with Crippen LogP contribution in [-0.2, 0) is 27.0 Å². The van der Waals surface area contributed by atoms with Crippen LogP contribution < -0.4 is 26.2 Å². The lowest BCUT2D eigenvalue weighted by Gasteiger charge is -2.28. The molecule has 44 heavy (non-hydrogen) atoms. The molecule has 1 fully saturated rings. The second-order valence-corrected chi connectivity index (χ2v) is 9.68. The van der Waals surface area contributed by atoms with E-state index in [0.29, 0.717) is 57.3 Å². The van der Waals surface area contributed by atoms with Crippen LogP contribution in [0.3, 0.4) is 0 Å². The summed E-state index contributed by atoms with van der Waals surface area (Å²) in [5.74, 6) is 4.33. The number of nitrogens with one attached hydrogen (secondary N) is 4. The number of ether oxygens (including phenoxy) is 1. The monoisotopic (exact) mass is 615 g/mol. The molecule has 0 saturated carbocycles. The average Bonchev–Trinajstić information content (AvgIpc) is 3.42. The highest BCUT2D eigenvalue weighted by molar-refractivity contribution is 5.97. The molecular weight excluding hydrogens is 583 g/mol. The molecule has 234 valence electrons. The molecule has 0 aromatic carbocycles. The molecule has 3 aromatic heterocycles. The highest BCUT2D eigenvalue weighted by Gasteiger charge is 2.36. The van der Waals surface area contributed by atoms with Crippen LogP contribution in [0.15, 0.2) is 24.5 Å². The van der Waals surface area contributed by atoms with Gasteiger partial charge in [-0.3, -0.25) is 14.9 Å². The first-order chi connectivity index (χ1) is 21.1. The van der Waals surface area contributed by atoms with Gasteiger partial charge in [-0.05, 0) is 30.5 Å². The van der Waals surface area contributed by atoms with Crippen molar-refractivity contribution >= 4 is 34.9 Å². The van der Waals surface area contributed by atoms with E-state index in [-0.39, 0.29) is 41.7 Å². The first-order valence-corrected chi connectivity index (χ1v) is 13.8. The molecule has 13 nitrogen and oxygen atoms in total. The van der Waals surface area contributed by atoms with Crippen LogP contribution in [-0.4, -0.2) is 83.7 Å². The van der Waals surface area contributed by atoms with E-state index in [9.17, 15) is 27.6 Å². The van der Waals surface area contributed by atoms with Crippen LogP contribution in [0, 0.1) is 11.8 Å². The number of fused-ring (bicyclic) bond motifs is 1. The molecule has 1 saturated heterocycles. The number of anilines is 2. The Morgan fingerprint density at radius 2 is 1.89 bits per heavy atom. The van der Waals surface area contributed by atoms with Crippen molar-refractivity contribution in [3.63, 3.8) is 0 Å². The second-order valence-electron chi connectivity index (χ2n) is 9.68. The molecule has 4 heterocycles. The van der Waals surface area contributed by atoms with Crippen molar-refractivity contribution in [2.45, 2.75) is 32.5 Å². The summed E-state index contributed by atoms with van der Waals surface area (Å²) in [6.45, 7) is 4.55. The molecule has 0 aliphatic carbocycles. The van der Waals surface area contributed by atoms with Gasteiger partial charge in [0.05, 0.1) is 24.3 Å². The first-order valence-electron chi connectivity index (χ1n) is 13.8. The smallest absolute Gasteiger partial charge is 0.378 e. The van der Waals surface area contributed by atoms with Crippen molar-refractivity contribution < 1.29 is 32.3 Å². The summed E-state index contributed by atoms with van der Waals surface area (Å²) >= 11 is 0. The fourth-order valence-corrected chi connectivity index (χ4v) is 4.41. The Labute approximate surface area is 250 Å². The van der Waals surface area contributed by atoms with E-state index >= 15 is 0 Å². The van der Waals surface area contributed by atoms with Gasteiger partial charge < -0.3 is 25.6 Å². The molecule has 16 heteroatoms. The minimum atomic E-state index is -4.78. The van der Waals surface area contributed by atoms with E-state index in [2.05, 4.69) is 48.2 Å². The number of pyridine rings is 1. The number of halogens is 3. The number of ketones is 1. The van der Waals surface area contributed by atoms with Crippen LogP contribution in [0.4, 0.5) is 29.6 Å². The minimum Gasteiger partial charge on any atom is -0.378 e. The number of amides is 3. The minimum absolute atomic E-state index is 0.0581. The van der Waals surface area contributed by atoms with Gasteiger partial charge in [0.1, 0.15) is 11.3 Å². The third-order valence-electron chi connectivity index (χ3n) is 6.53. The molecule has 3 aromatic rings. The molecule has 1 aliphatic heterocycles. The Kier molecular flexibility index (Phi) is 10.7. The maximum Gasteiger partial charge on any atom is 0.417 e. The Morgan fingerprint density at radius 3 is 2.59 bits per heavy atom. The fourth-order valence-electron chi connectivity index (χ4n) is 4.41. The zero-order valence-electron chi connectivity index (χ0n) is 24.2. The van der Waals surface area contributed by atoms with Gasteiger partial charge in [0.25, 0.3) is 0 Å². The molecule has 1 aliphatic rings. The number of carbonyl (C=O) groups excluding carboxylic acids is 3. The molecule has 0 bridgehead atoms. The van der Waals surface area contributed by atoms with Crippen molar-refractivity contribution in [2.24, 2.45) is 0 Å². The highest BCUT2D eigenvalue weighted by Crippen LogP contribution is 2.37. The summed E-state index contributed by atoms with van der Waals surface area (Å²) < 4.78 is 49.4. The zero-order valence-corrected chi connectivity index (χ0v) is 24.2. The van der Waals surface area contributed by atoms with Crippen LogP contribution in [0.2, 0.25) is 0 Å². The Hall–Kier alpha value is -4.75. The molecule has 0 radical (unpaired) electrons. The van der Waals surface area contributed by atoms with Gasteiger partial charge in [-0.15, -0.1) is 5.10 Å². The quantitative estimate of drug-likeness (QED) is 0.144. The van der Waals surface area contributed by atoms with Gasteiger partial charge in [0, 0.05) is 65.0 Å². The van der Waals surface area contributed by atoms with Crippen molar-refractivity contribution in [2.75, 3.05) is 56.7 Å². The van der Waals surface area contributed by atoms with E-state index in [1.807, 2.05) is 11.0 Å². The average molecular weight is 616 g/mol. The number of hydrogen-bond acceptors (Lipinski definition) is 9. The normalized spacial score (nSPS) is 13.2. The number of nitrogens with zero attached hydrogens (tertiary/aromatic N) is 5. The van der Waals surface area contributed by atoms with Crippen molar-refractivity contribution in [1.82, 2.24) is 35.5 Å². The summed E-state index contributed by atoms with van der Waals surface area (Å²) in [6, 6.07) is 1.88. The molecule has 0 atom stereocenters. The first kappa shape index (κ1) is 32.2. The van der Waals surface area contributed by atoms with E-state index in [4.69, 9.17) is 4.74 Å². The number of carbonyl (C=O) groups is 3. The largest absolute Gasteiger partial charge is 0.417 e. The zero-order chi connectivity index (χ0) is 31.7. The second kappa shape index (κ2) is 14.6. The SMILES string of the molecule is CC#CC(=O)CCC(=O)NCCNCc1cc2c(N3CCOCC3)nc(-c3cnc(NC(=O)NC)cc3C(F)(F)F)nn2c1. The summed E-state index contributed by atoms with van der Waals surface area (Å²) in [5, 5.41) is 14.9. The topological polar surface area (TPSA) is 155 Å². The lowest BCUT2D eigenvalue weighted by atomic mass is 10.1. The van der Waals surface area contributed by atoms with E-state index < -0.39 is 17.8 Å². The number of alkyl halides is 3. The number of aromatic nitrogens is 4. The highest BCUT2D eigenvalue weighted by atomic mass is 19.4. The van der Waals surface area contributed by atoms with E-state index in [1.54, 1.807) is 13.1 Å². The lowest BCUT2D eigenvalue weighted by molar-refractivity contribution is -0.137. The Balaban J connectivity index is 1.55. The third-order valence-corrected chi connectivity index (χ3v) is 6.53. The molecule has 3 amide bonds. The predicted octanol–water partition coefficient (Wildman–Crippen LogP) is 1.98. The summed E-state index contributed by atoms with van der Waals surface area (Å²) in [7, 11) is 1.33. The third kappa shape index (κ3) is 8.42. The maximum absolute atomic E-state index is 14.2. The number of Topliss-reactive ketones (excluding diaryl/α,β-unsaturated/α-hetero) is 1. The van der Waals surface area contributed by atoms with Gasteiger partial charge in [-0.25, -0.2) is 19.3 Å². The van der Waals surface area contributed by atoms with Crippen molar-refractivity contribution in [3.05, 3.63) is 35.7 Å². The van der Waals surface area contributed by atoms with Crippen LogP contribution >= 0.6 is 0 Å². The molecule has 0 unspecified atom stereocenters. The molecule has 4 rings (SSSR count).